The summed E-state index contributed by atoms with van der Waals surface area (Å²) in [6, 6.07) is 13.5. The molecule has 11 nitrogen and oxygen atoms in total. The number of nitrogens with one attached hydrogen (secondary N) is 2. The van der Waals surface area contributed by atoms with Gasteiger partial charge in [-0.2, -0.15) is 4.98 Å². The highest BCUT2D eigenvalue weighted by atomic mass is 16.5. The van der Waals surface area contributed by atoms with Gasteiger partial charge in [0.05, 0.1) is 46.0 Å². The number of carbonyl (C=O) groups is 1. The summed E-state index contributed by atoms with van der Waals surface area (Å²) in [6.07, 6.45) is 1.55. The van der Waals surface area contributed by atoms with Gasteiger partial charge >= 0.3 is 0 Å². The molecule has 2 aromatic carbocycles. The molecule has 5 rings (SSSR count). The topological polar surface area (TPSA) is 122 Å². The maximum Gasteiger partial charge on any atom is 0.255 e. The number of hydrogen-bond donors (Lipinski definition) is 2. The van der Waals surface area contributed by atoms with Crippen LogP contribution in [0.3, 0.4) is 0 Å². The standard InChI is InChI=1S/C27H27N5O6/c1-15-23(26(33)29-17-9-6-7-10-18(17)34-2)24(16-13-21(36-4)22(37-5)14-20(16)35-3)32-27(28-15)30-25(31-32)19-11-8-12-38-19/h6-14,24H,1-5H3,(H,29,33)(H,28,30,31). The Bertz CT molecular complexity index is 1510. The molecule has 0 fully saturated rings. The van der Waals surface area contributed by atoms with Gasteiger partial charge in [0, 0.05) is 17.3 Å². The lowest BCUT2D eigenvalue weighted by molar-refractivity contribution is -0.113. The summed E-state index contributed by atoms with van der Waals surface area (Å²) in [4.78, 5) is 18.5. The third-order valence-electron chi connectivity index (χ3n) is 6.22. The fraction of sp³-hybridized carbons (Fsp3) is 0.222. The van der Waals surface area contributed by atoms with Crippen molar-refractivity contribution in [2.45, 2.75) is 13.0 Å². The zero-order valence-corrected chi connectivity index (χ0v) is 21.6. The van der Waals surface area contributed by atoms with Crippen LogP contribution in [0, 0.1) is 0 Å². The van der Waals surface area contributed by atoms with Crippen LogP contribution in [0.2, 0.25) is 0 Å². The third kappa shape index (κ3) is 4.27. The van der Waals surface area contributed by atoms with Gasteiger partial charge in [-0.15, -0.1) is 5.10 Å². The fourth-order valence-electron chi connectivity index (χ4n) is 4.45. The van der Waals surface area contributed by atoms with E-state index in [1.54, 1.807) is 75.8 Å². The number of anilines is 2. The molecule has 196 valence electrons. The van der Waals surface area contributed by atoms with Gasteiger partial charge in [-0.05, 0) is 37.3 Å². The number of para-hydroxylation sites is 2. The molecule has 11 heteroatoms. The van der Waals surface area contributed by atoms with E-state index in [1.807, 2.05) is 19.1 Å². The zero-order valence-electron chi connectivity index (χ0n) is 21.6. The van der Waals surface area contributed by atoms with Gasteiger partial charge in [0.2, 0.25) is 11.8 Å². The lowest BCUT2D eigenvalue weighted by atomic mass is 9.93. The Morgan fingerprint density at radius 2 is 1.66 bits per heavy atom. The van der Waals surface area contributed by atoms with Crippen molar-refractivity contribution in [3.63, 3.8) is 0 Å². The van der Waals surface area contributed by atoms with Gasteiger partial charge < -0.3 is 34.0 Å². The predicted octanol–water partition coefficient (Wildman–Crippen LogP) is 4.50. The van der Waals surface area contributed by atoms with Gasteiger partial charge in [0.1, 0.15) is 17.5 Å². The summed E-state index contributed by atoms with van der Waals surface area (Å²) in [5.41, 5.74) is 2.13. The largest absolute Gasteiger partial charge is 0.496 e. The van der Waals surface area contributed by atoms with Crippen LogP contribution in [-0.2, 0) is 4.79 Å². The molecule has 2 N–H and O–H groups in total. The van der Waals surface area contributed by atoms with E-state index in [9.17, 15) is 4.79 Å². The number of fused-ring (bicyclic) bond motifs is 1. The van der Waals surface area contributed by atoms with Crippen molar-refractivity contribution < 1.29 is 28.2 Å². The van der Waals surface area contributed by atoms with Crippen molar-refractivity contribution in [3.8, 4) is 34.6 Å². The lowest BCUT2D eigenvalue weighted by Crippen LogP contribution is -2.32. The Hall–Kier alpha value is -4.93. The van der Waals surface area contributed by atoms with Crippen molar-refractivity contribution in [2.75, 3.05) is 39.1 Å². The zero-order chi connectivity index (χ0) is 26.8. The number of methoxy groups -OCH3 is 4. The molecule has 0 aliphatic carbocycles. The molecule has 3 heterocycles. The smallest absolute Gasteiger partial charge is 0.255 e. The van der Waals surface area contributed by atoms with Crippen LogP contribution in [0.5, 0.6) is 23.0 Å². The predicted molar refractivity (Wildman–Crippen MR) is 140 cm³/mol. The fourth-order valence-corrected chi connectivity index (χ4v) is 4.45. The van der Waals surface area contributed by atoms with E-state index >= 15 is 0 Å². The summed E-state index contributed by atoms with van der Waals surface area (Å²) in [5.74, 6) is 2.89. The molecule has 0 radical (unpaired) electrons. The molecule has 1 aliphatic heterocycles. The minimum atomic E-state index is -0.744. The summed E-state index contributed by atoms with van der Waals surface area (Å²) >= 11 is 0. The molecule has 4 aromatic rings. The van der Waals surface area contributed by atoms with Crippen LogP contribution >= 0.6 is 0 Å². The molecule has 1 unspecified atom stereocenters. The number of aromatic nitrogens is 3. The van der Waals surface area contributed by atoms with Gasteiger partial charge in [-0.3, -0.25) is 4.79 Å². The Labute approximate surface area is 219 Å². The number of rotatable bonds is 8. The molecule has 0 bridgehead atoms. The van der Waals surface area contributed by atoms with E-state index in [0.29, 0.717) is 63.1 Å². The number of furan rings is 1. The minimum Gasteiger partial charge on any atom is -0.496 e. The Balaban J connectivity index is 1.69. The van der Waals surface area contributed by atoms with Crippen molar-refractivity contribution in [1.29, 1.82) is 0 Å². The number of nitrogens with zero attached hydrogens (tertiary/aromatic N) is 3. The van der Waals surface area contributed by atoms with E-state index in [2.05, 4.69) is 15.6 Å². The summed E-state index contributed by atoms with van der Waals surface area (Å²) < 4.78 is 29.4. The number of ether oxygens (including phenoxy) is 4. The molecule has 2 aromatic heterocycles. The molecule has 38 heavy (non-hydrogen) atoms. The summed E-state index contributed by atoms with van der Waals surface area (Å²) in [6.45, 7) is 1.81. The maximum atomic E-state index is 13.9. The number of allylic oxidation sites excluding steroid dienone is 1. The van der Waals surface area contributed by atoms with Crippen molar-refractivity contribution in [2.24, 2.45) is 0 Å². The number of amides is 1. The minimum absolute atomic E-state index is 0.359. The first-order valence-corrected chi connectivity index (χ1v) is 11.7. The summed E-state index contributed by atoms with van der Waals surface area (Å²) in [5, 5.41) is 10.9. The number of carbonyl (C=O) groups excluding carboxylic acids is 1. The number of hydrogen-bond acceptors (Lipinski definition) is 9. The normalized spacial score (nSPS) is 14.4. The Morgan fingerprint density at radius 1 is 0.947 bits per heavy atom. The average molecular weight is 518 g/mol. The molecule has 1 amide bonds. The molecule has 0 saturated carbocycles. The quantitative estimate of drug-likeness (QED) is 0.348. The SMILES string of the molecule is COc1ccccc1NC(=O)C1=C(C)Nc2nc(-c3ccco3)nn2C1c1cc(OC)c(OC)cc1OC. The maximum absolute atomic E-state index is 13.9. The molecular weight excluding hydrogens is 490 g/mol. The van der Waals surface area contributed by atoms with Gasteiger partial charge in [0.25, 0.3) is 5.91 Å². The monoisotopic (exact) mass is 517 g/mol. The first-order valence-electron chi connectivity index (χ1n) is 11.7. The van der Waals surface area contributed by atoms with Crippen LogP contribution in [0.4, 0.5) is 11.6 Å². The molecular formula is C27H27N5O6. The van der Waals surface area contributed by atoms with E-state index in [4.69, 9.17) is 28.5 Å². The van der Waals surface area contributed by atoms with E-state index in [0.717, 1.165) is 0 Å². The Kier molecular flexibility index (Phi) is 6.65. The van der Waals surface area contributed by atoms with E-state index in [-0.39, 0.29) is 5.91 Å². The first-order chi connectivity index (χ1) is 18.5. The average Bonchev–Trinajstić information content (AvgIpc) is 3.62. The highest BCUT2D eigenvalue weighted by Gasteiger charge is 2.37. The van der Waals surface area contributed by atoms with Crippen LogP contribution in [0.25, 0.3) is 11.6 Å². The van der Waals surface area contributed by atoms with Crippen LogP contribution in [0.1, 0.15) is 18.5 Å². The van der Waals surface area contributed by atoms with Gasteiger partial charge in [-0.25, -0.2) is 4.68 Å². The van der Waals surface area contributed by atoms with Crippen LogP contribution < -0.4 is 29.6 Å². The van der Waals surface area contributed by atoms with Crippen molar-refractivity contribution >= 4 is 17.5 Å². The molecule has 0 spiro atoms. The first kappa shape index (κ1) is 24.8. The summed E-state index contributed by atoms with van der Waals surface area (Å²) in [7, 11) is 6.19. The van der Waals surface area contributed by atoms with Crippen molar-refractivity contribution in [1.82, 2.24) is 14.8 Å². The van der Waals surface area contributed by atoms with Gasteiger partial charge in [0.15, 0.2) is 17.3 Å². The van der Waals surface area contributed by atoms with Crippen LogP contribution in [0.15, 0.2) is 70.5 Å². The second-order valence-corrected chi connectivity index (χ2v) is 8.35. The second-order valence-electron chi connectivity index (χ2n) is 8.35. The highest BCUT2D eigenvalue weighted by molar-refractivity contribution is 6.06. The van der Waals surface area contributed by atoms with Crippen LogP contribution in [-0.4, -0.2) is 49.1 Å². The van der Waals surface area contributed by atoms with Gasteiger partial charge in [-0.1, -0.05) is 12.1 Å². The van der Waals surface area contributed by atoms with Crippen molar-refractivity contribution in [3.05, 3.63) is 71.6 Å². The van der Waals surface area contributed by atoms with E-state index < -0.39 is 6.04 Å². The lowest BCUT2D eigenvalue weighted by Gasteiger charge is -2.30. The number of benzene rings is 2. The molecule has 1 aliphatic rings. The molecule has 1 atom stereocenters. The third-order valence-corrected chi connectivity index (χ3v) is 6.22. The highest BCUT2D eigenvalue weighted by Crippen LogP contribution is 2.44. The Morgan fingerprint density at radius 3 is 2.34 bits per heavy atom. The second kappa shape index (κ2) is 10.2. The van der Waals surface area contributed by atoms with E-state index in [1.165, 1.54) is 0 Å². The molecule has 0 saturated heterocycles.